The molecule has 2 unspecified atom stereocenters. The second kappa shape index (κ2) is 9.12. The van der Waals surface area contributed by atoms with Gasteiger partial charge >= 0.3 is 5.97 Å². The zero-order chi connectivity index (χ0) is 22.8. The fraction of sp³-hybridized carbons (Fsp3) is 0.345. The van der Waals surface area contributed by atoms with Gasteiger partial charge in [0.15, 0.2) is 0 Å². The van der Waals surface area contributed by atoms with E-state index in [9.17, 15) is 9.90 Å². The van der Waals surface area contributed by atoms with Crippen molar-refractivity contribution >= 4 is 5.97 Å². The Bertz CT molecular complexity index is 1030. The molecule has 0 radical (unpaired) electrons. The van der Waals surface area contributed by atoms with E-state index in [-0.39, 0.29) is 12.1 Å². The van der Waals surface area contributed by atoms with E-state index < -0.39 is 5.92 Å². The standard InChI is InChI=1S/C29H32NO3/c1-30(24-14-15-25(30)19-26(31)18-24)20-21-12-16-27(17-13-21)33-29(32)28(22-8-4-2-5-9-22)23-10-6-3-7-11-23/h2-13,16-17,24-26,28,31H,14-15,18-20H2,1H3/q+1. The van der Waals surface area contributed by atoms with E-state index in [1.165, 1.54) is 18.4 Å². The molecular weight excluding hydrogens is 410 g/mol. The lowest BCUT2D eigenvalue weighted by atomic mass is 9.91. The van der Waals surface area contributed by atoms with Gasteiger partial charge in [0.2, 0.25) is 0 Å². The van der Waals surface area contributed by atoms with Gasteiger partial charge in [0.25, 0.3) is 0 Å². The number of carbonyl (C=O) groups excluding carboxylic acids is 1. The van der Waals surface area contributed by atoms with Crippen LogP contribution >= 0.6 is 0 Å². The lowest BCUT2D eigenvalue weighted by molar-refractivity contribution is -0.961. The monoisotopic (exact) mass is 442 g/mol. The van der Waals surface area contributed by atoms with E-state index >= 15 is 0 Å². The number of rotatable bonds is 6. The number of hydrogen-bond donors (Lipinski definition) is 1. The van der Waals surface area contributed by atoms with Crippen molar-refractivity contribution in [1.29, 1.82) is 0 Å². The maximum absolute atomic E-state index is 13.2. The Labute approximate surface area is 196 Å². The van der Waals surface area contributed by atoms with Crippen molar-refractivity contribution < 1.29 is 19.1 Å². The summed E-state index contributed by atoms with van der Waals surface area (Å²) in [5, 5.41) is 10.2. The summed E-state index contributed by atoms with van der Waals surface area (Å²) in [4.78, 5) is 13.2. The predicted molar refractivity (Wildman–Crippen MR) is 129 cm³/mol. The molecule has 33 heavy (non-hydrogen) atoms. The molecule has 2 bridgehead atoms. The second-order valence-corrected chi connectivity index (χ2v) is 9.83. The lowest BCUT2D eigenvalue weighted by Gasteiger charge is -2.46. The first-order valence-corrected chi connectivity index (χ1v) is 12.0. The van der Waals surface area contributed by atoms with Crippen molar-refractivity contribution in [2.75, 3.05) is 7.05 Å². The first-order chi connectivity index (χ1) is 16.0. The number of quaternary nitrogens is 1. The largest absolute Gasteiger partial charge is 0.426 e. The van der Waals surface area contributed by atoms with Crippen LogP contribution in [0, 0.1) is 0 Å². The van der Waals surface area contributed by atoms with Crippen LogP contribution < -0.4 is 4.74 Å². The fourth-order valence-corrected chi connectivity index (χ4v) is 5.96. The lowest BCUT2D eigenvalue weighted by Crippen LogP contribution is -2.57. The van der Waals surface area contributed by atoms with Gasteiger partial charge in [-0.1, -0.05) is 60.7 Å². The first kappa shape index (κ1) is 21.9. The van der Waals surface area contributed by atoms with Crippen molar-refractivity contribution in [1.82, 2.24) is 0 Å². The molecule has 2 aliphatic heterocycles. The molecule has 2 heterocycles. The topological polar surface area (TPSA) is 46.5 Å². The van der Waals surface area contributed by atoms with Crippen molar-refractivity contribution in [2.24, 2.45) is 0 Å². The van der Waals surface area contributed by atoms with Gasteiger partial charge in [-0.25, -0.2) is 0 Å². The van der Waals surface area contributed by atoms with Crippen LogP contribution in [0.15, 0.2) is 84.9 Å². The van der Waals surface area contributed by atoms with Crippen LogP contribution in [0.5, 0.6) is 5.75 Å². The summed E-state index contributed by atoms with van der Waals surface area (Å²) in [6, 6.07) is 28.6. The molecule has 2 saturated heterocycles. The SMILES string of the molecule is C[N+]1(Cc2ccc(OC(=O)C(c3ccccc3)c3ccccc3)cc2)C2CCC1CC(O)C2. The van der Waals surface area contributed by atoms with Crippen LogP contribution in [0.2, 0.25) is 0 Å². The smallest absolute Gasteiger partial charge is 0.323 e. The van der Waals surface area contributed by atoms with Crippen LogP contribution in [0.1, 0.15) is 48.3 Å². The number of benzene rings is 3. The highest BCUT2D eigenvalue weighted by molar-refractivity contribution is 5.84. The molecule has 4 heteroatoms. The van der Waals surface area contributed by atoms with Crippen molar-refractivity contribution in [2.45, 2.75) is 56.3 Å². The van der Waals surface area contributed by atoms with Crippen LogP contribution in [-0.4, -0.2) is 40.8 Å². The van der Waals surface area contributed by atoms with Gasteiger partial charge in [0, 0.05) is 31.2 Å². The number of nitrogens with zero attached hydrogens (tertiary/aromatic N) is 1. The molecule has 3 aromatic rings. The van der Waals surface area contributed by atoms with Gasteiger partial charge in [-0.3, -0.25) is 4.79 Å². The number of aliphatic hydroxyl groups is 1. The maximum atomic E-state index is 13.2. The van der Waals surface area contributed by atoms with E-state index in [2.05, 4.69) is 19.2 Å². The van der Waals surface area contributed by atoms with Crippen LogP contribution in [0.4, 0.5) is 0 Å². The first-order valence-electron chi connectivity index (χ1n) is 12.0. The van der Waals surface area contributed by atoms with E-state index in [1.54, 1.807) is 0 Å². The predicted octanol–water partition coefficient (Wildman–Crippen LogP) is 5.06. The van der Waals surface area contributed by atoms with Gasteiger partial charge in [-0.15, -0.1) is 0 Å². The molecule has 2 atom stereocenters. The summed E-state index contributed by atoms with van der Waals surface area (Å²) in [6.45, 7) is 0.951. The minimum atomic E-state index is -0.466. The highest BCUT2D eigenvalue weighted by Crippen LogP contribution is 2.42. The third-order valence-corrected chi connectivity index (χ3v) is 7.76. The minimum absolute atomic E-state index is 0.141. The molecule has 2 fully saturated rings. The molecule has 3 aromatic carbocycles. The number of carbonyl (C=O) groups is 1. The second-order valence-electron chi connectivity index (χ2n) is 9.83. The van der Waals surface area contributed by atoms with Gasteiger partial charge in [0.05, 0.1) is 25.2 Å². The van der Waals surface area contributed by atoms with Gasteiger partial charge in [-0.05, 0) is 35.4 Å². The Balaban J connectivity index is 1.31. The molecule has 2 aliphatic rings. The van der Waals surface area contributed by atoms with Crippen molar-refractivity contribution in [3.63, 3.8) is 0 Å². The summed E-state index contributed by atoms with van der Waals surface area (Å²) >= 11 is 0. The highest BCUT2D eigenvalue weighted by Gasteiger charge is 2.51. The normalized spacial score (nSPS) is 26.3. The molecule has 1 N–H and O–H groups in total. The summed E-state index contributed by atoms with van der Waals surface area (Å²) in [5.41, 5.74) is 3.09. The van der Waals surface area contributed by atoms with Crippen molar-refractivity contribution in [3.8, 4) is 5.75 Å². The average Bonchev–Trinajstić information content (AvgIpc) is 2.98. The molecule has 5 rings (SSSR count). The van der Waals surface area contributed by atoms with E-state index in [0.29, 0.717) is 17.8 Å². The molecular formula is C29H32NO3+. The third kappa shape index (κ3) is 4.46. The molecule has 0 spiro atoms. The fourth-order valence-electron chi connectivity index (χ4n) is 5.96. The maximum Gasteiger partial charge on any atom is 0.323 e. The van der Waals surface area contributed by atoms with Gasteiger partial charge in [0.1, 0.15) is 18.2 Å². The summed E-state index contributed by atoms with van der Waals surface area (Å²) in [7, 11) is 2.34. The number of aliphatic hydroxyl groups excluding tert-OH is 1. The molecule has 0 aromatic heterocycles. The number of fused-ring (bicyclic) bond motifs is 2. The number of piperidine rings is 1. The quantitative estimate of drug-likeness (QED) is 0.330. The zero-order valence-electron chi connectivity index (χ0n) is 19.1. The minimum Gasteiger partial charge on any atom is -0.426 e. The van der Waals surface area contributed by atoms with Crippen LogP contribution in [0.25, 0.3) is 0 Å². The molecule has 4 nitrogen and oxygen atoms in total. The van der Waals surface area contributed by atoms with Gasteiger partial charge < -0.3 is 14.3 Å². The Kier molecular flexibility index (Phi) is 6.05. The Hall–Kier alpha value is -2.95. The zero-order valence-corrected chi connectivity index (χ0v) is 19.1. The Morgan fingerprint density at radius 2 is 1.39 bits per heavy atom. The van der Waals surface area contributed by atoms with Crippen LogP contribution in [0.3, 0.4) is 0 Å². The van der Waals surface area contributed by atoms with E-state index in [0.717, 1.165) is 35.0 Å². The van der Waals surface area contributed by atoms with E-state index in [4.69, 9.17) is 4.74 Å². The molecule has 0 amide bonds. The Morgan fingerprint density at radius 1 is 0.879 bits per heavy atom. The summed E-state index contributed by atoms with van der Waals surface area (Å²) in [5.74, 6) is -0.172. The van der Waals surface area contributed by atoms with E-state index in [1.807, 2.05) is 72.8 Å². The third-order valence-electron chi connectivity index (χ3n) is 7.76. The number of ether oxygens (including phenoxy) is 1. The molecule has 170 valence electrons. The van der Waals surface area contributed by atoms with Crippen LogP contribution in [-0.2, 0) is 11.3 Å². The molecule has 0 saturated carbocycles. The van der Waals surface area contributed by atoms with Gasteiger partial charge in [-0.2, -0.15) is 0 Å². The number of hydrogen-bond acceptors (Lipinski definition) is 3. The average molecular weight is 443 g/mol. The van der Waals surface area contributed by atoms with Crippen molar-refractivity contribution in [3.05, 3.63) is 102 Å². The highest BCUT2D eigenvalue weighted by atomic mass is 16.5. The summed E-state index contributed by atoms with van der Waals surface area (Å²) in [6.07, 6.45) is 4.08. The molecule has 0 aliphatic carbocycles. The summed E-state index contributed by atoms with van der Waals surface area (Å²) < 4.78 is 6.86. The number of esters is 1. The Morgan fingerprint density at radius 3 is 1.91 bits per heavy atom.